The summed E-state index contributed by atoms with van der Waals surface area (Å²) < 4.78 is 11.1. The normalized spacial score (nSPS) is 20.3. The summed E-state index contributed by atoms with van der Waals surface area (Å²) in [6, 6.07) is 14.4. The first-order valence-electron chi connectivity index (χ1n) is 9.53. The Morgan fingerprint density at radius 2 is 1.79 bits per heavy atom. The SMILES string of the molecule is Cc1ccccc1OCCOC(=O)[C@]12CCC(=O)N1c1ccccc1C(=O)N2C. The molecule has 0 aliphatic carbocycles. The molecule has 1 fully saturated rings. The van der Waals surface area contributed by atoms with E-state index in [4.69, 9.17) is 9.47 Å². The zero-order valence-electron chi connectivity index (χ0n) is 16.4. The minimum Gasteiger partial charge on any atom is -0.490 e. The molecule has 2 aromatic carbocycles. The number of hydrogen-bond donors (Lipinski definition) is 0. The Morgan fingerprint density at radius 1 is 1.07 bits per heavy atom. The fourth-order valence-corrected chi connectivity index (χ4v) is 4.01. The van der Waals surface area contributed by atoms with E-state index in [1.165, 1.54) is 16.8 Å². The number of ether oxygens (including phenoxy) is 2. The number of esters is 1. The summed E-state index contributed by atoms with van der Waals surface area (Å²) in [6.45, 7) is 2.12. The Morgan fingerprint density at radius 3 is 2.59 bits per heavy atom. The maximum atomic E-state index is 13.1. The molecule has 1 saturated heterocycles. The van der Waals surface area contributed by atoms with Crippen LogP contribution >= 0.6 is 0 Å². The molecule has 0 unspecified atom stereocenters. The van der Waals surface area contributed by atoms with Crippen molar-refractivity contribution in [3.63, 3.8) is 0 Å². The summed E-state index contributed by atoms with van der Waals surface area (Å²) in [5, 5.41) is 0. The number of carbonyl (C=O) groups excluding carboxylic acids is 3. The van der Waals surface area contributed by atoms with Crippen molar-refractivity contribution in [2.24, 2.45) is 0 Å². The van der Waals surface area contributed by atoms with Crippen LogP contribution in [0.5, 0.6) is 5.75 Å². The van der Waals surface area contributed by atoms with Gasteiger partial charge >= 0.3 is 5.97 Å². The second kappa shape index (κ2) is 7.24. The van der Waals surface area contributed by atoms with Crippen molar-refractivity contribution >= 4 is 23.5 Å². The Bertz CT molecular complexity index is 989. The summed E-state index contributed by atoms with van der Waals surface area (Å²) in [5.41, 5.74) is 0.382. The van der Waals surface area contributed by atoms with Crippen LogP contribution in [0.3, 0.4) is 0 Å². The van der Waals surface area contributed by atoms with Gasteiger partial charge in [0.25, 0.3) is 5.91 Å². The number of rotatable bonds is 5. The molecule has 2 amide bonds. The van der Waals surface area contributed by atoms with Crippen molar-refractivity contribution in [3.05, 3.63) is 59.7 Å². The summed E-state index contributed by atoms with van der Waals surface area (Å²) in [4.78, 5) is 41.4. The summed E-state index contributed by atoms with van der Waals surface area (Å²) in [5.74, 6) is -0.412. The topological polar surface area (TPSA) is 76.1 Å². The van der Waals surface area contributed by atoms with Crippen LogP contribution in [0.4, 0.5) is 5.69 Å². The quantitative estimate of drug-likeness (QED) is 0.575. The molecule has 7 heteroatoms. The third kappa shape index (κ3) is 2.93. The van der Waals surface area contributed by atoms with Crippen molar-refractivity contribution in [1.82, 2.24) is 4.90 Å². The van der Waals surface area contributed by atoms with Crippen molar-refractivity contribution in [1.29, 1.82) is 0 Å². The molecular formula is C22H22N2O5. The number of amides is 2. The van der Waals surface area contributed by atoms with Gasteiger partial charge in [0.1, 0.15) is 19.0 Å². The molecular weight excluding hydrogens is 372 g/mol. The lowest BCUT2D eigenvalue weighted by Gasteiger charge is -2.46. The van der Waals surface area contributed by atoms with E-state index in [0.717, 1.165) is 11.3 Å². The molecule has 1 atom stereocenters. The van der Waals surface area contributed by atoms with Crippen molar-refractivity contribution < 1.29 is 23.9 Å². The lowest BCUT2D eigenvalue weighted by atomic mass is 9.97. The van der Waals surface area contributed by atoms with Gasteiger partial charge in [-0.25, -0.2) is 4.79 Å². The van der Waals surface area contributed by atoms with Crippen LogP contribution in [-0.4, -0.2) is 48.6 Å². The third-order valence-corrected chi connectivity index (χ3v) is 5.54. The lowest BCUT2D eigenvalue weighted by Crippen LogP contribution is -2.67. The highest BCUT2D eigenvalue weighted by atomic mass is 16.6. The van der Waals surface area contributed by atoms with Crippen molar-refractivity contribution in [2.45, 2.75) is 25.4 Å². The molecule has 2 heterocycles. The highest BCUT2D eigenvalue weighted by Crippen LogP contribution is 2.44. The molecule has 0 aromatic heterocycles. The van der Waals surface area contributed by atoms with Gasteiger partial charge in [-0.15, -0.1) is 0 Å². The number of para-hydroxylation sites is 2. The Balaban J connectivity index is 1.53. The van der Waals surface area contributed by atoms with Gasteiger partial charge in [0.05, 0.1) is 11.3 Å². The maximum absolute atomic E-state index is 13.1. The molecule has 0 N–H and O–H groups in total. The molecule has 2 aromatic rings. The van der Waals surface area contributed by atoms with E-state index in [1.807, 2.05) is 31.2 Å². The molecule has 29 heavy (non-hydrogen) atoms. The first kappa shape index (κ1) is 19.0. The number of carbonyl (C=O) groups is 3. The van der Waals surface area contributed by atoms with Crippen molar-refractivity contribution in [2.75, 3.05) is 25.2 Å². The molecule has 150 valence electrons. The first-order valence-corrected chi connectivity index (χ1v) is 9.53. The number of anilines is 1. The summed E-state index contributed by atoms with van der Waals surface area (Å²) >= 11 is 0. The van der Waals surface area contributed by atoms with Crippen LogP contribution < -0.4 is 9.64 Å². The van der Waals surface area contributed by atoms with Crippen LogP contribution in [0.1, 0.15) is 28.8 Å². The van der Waals surface area contributed by atoms with E-state index in [2.05, 4.69) is 0 Å². The van der Waals surface area contributed by atoms with Crippen molar-refractivity contribution in [3.8, 4) is 5.75 Å². The number of nitrogens with zero attached hydrogens (tertiary/aromatic N) is 2. The summed E-state index contributed by atoms with van der Waals surface area (Å²) in [7, 11) is 1.54. The van der Waals surface area contributed by atoms with E-state index < -0.39 is 11.6 Å². The summed E-state index contributed by atoms with van der Waals surface area (Å²) in [6.07, 6.45) is 0.362. The largest absolute Gasteiger partial charge is 0.490 e. The number of aryl methyl sites for hydroxylation is 1. The van der Waals surface area contributed by atoms with E-state index in [-0.39, 0.29) is 37.9 Å². The second-order valence-electron chi connectivity index (χ2n) is 7.18. The van der Waals surface area contributed by atoms with Crippen LogP contribution in [0.15, 0.2) is 48.5 Å². The van der Waals surface area contributed by atoms with Gasteiger partial charge in [-0.1, -0.05) is 30.3 Å². The smallest absolute Gasteiger partial charge is 0.353 e. The van der Waals surface area contributed by atoms with Crippen LogP contribution in [0, 0.1) is 6.92 Å². The zero-order valence-corrected chi connectivity index (χ0v) is 16.4. The van der Waals surface area contributed by atoms with Crippen LogP contribution in [-0.2, 0) is 14.3 Å². The molecule has 0 spiro atoms. The van der Waals surface area contributed by atoms with Gasteiger partial charge in [-0.3, -0.25) is 14.5 Å². The molecule has 0 saturated carbocycles. The Labute approximate surface area is 168 Å². The van der Waals surface area contributed by atoms with E-state index >= 15 is 0 Å². The molecule has 7 nitrogen and oxygen atoms in total. The minimum absolute atomic E-state index is 0.0145. The van der Waals surface area contributed by atoms with Crippen LogP contribution in [0.25, 0.3) is 0 Å². The zero-order chi connectivity index (χ0) is 20.6. The minimum atomic E-state index is -1.45. The molecule has 2 aliphatic rings. The molecule has 4 rings (SSSR count). The highest BCUT2D eigenvalue weighted by Gasteiger charge is 2.60. The van der Waals surface area contributed by atoms with Crippen LogP contribution in [0.2, 0.25) is 0 Å². The molecule has 0 bridgehead atoms. The van der Waals surface area contributed by atoms with E-state index in [0.29, 0.717) is 11.3 Å². The van der Waals surface area contributed by atoms with Gasteiger partial charge in [-0.05, 0) is 30.7 Å². The van der Waals surface area contributed by atoms with Gasteiger partial charge in [0.2, 0.25) is 11.6 Å². The fourth-order valence-electron chi connectivity index (χ4n) is 4.01. The highest BCUT2D eigenvalue weighted by molar-refractivity contribution is 6.15. The predicted molar refractivity (Wildman–Crippen MR) is 106 cm³/mol. The average molecular weight is 394 g/mol. The maximum Gasteiger partial charge on any atom is 0.353 e. The third-order valence-electron chi connectivity index (χ3n) is 5.54. The molecule has 0 radical (unpaired) electrons. The van der Waals surface area contributed by atoms with Gasteiger partial charge < -0.3 is 14.4 Å². The van der Waals surface area contributed by atoms with Gasteiger partial charge in [0, 0.05) is 19.9 Å². The Hall–Kier alpha value is -3.35. The number of likely N-dealkylation sites (N-methyl/N-ethyl adjacent to an activating group) is 1. The fraction of sp³-hybridized carbons (Fsp3) is 0.318. The average Bonchev–Trinajstić information content (AvgIpc) is 3.09. The lowest BCUT2D eigenvalue weighted by molar-refractivity contribution is -0.157. The Kier molecular flexibility index (Phi) is 4.74. The van der Waals surface area contributed by atoms with Gasteiger partial charge in [-0.2, -0.15) is 0 Å². The predicted octanol–water partition coefficient (Wildman–Crippen LogP) is 2.53. The number of benzene rings is 2. The van der Waals surface area contributed by atoms with Gasteiger partial charge in [0.15, 0.2) is 0 Å². The number of fused-ring (bicyclic) bond motifs is 3. The first-order chi connectivity index (χ1) is 14.0. The second-order valence-corrected chi connectivity index (χ2v) is 7.18. The number of hydrogen-bond acceptors (Lipinski definition) is 5. The standard InChI is InChI=1S/C22H22N2O5/c1-15-7-3-6-10-18(15)28-13-14-29-21(27)22-12-11-19(25)24(22)17-9-5-4-8-16(17)20(26)23(22)2/h3-10H,11-14H2,1-2H3/t22-/m0/s1. The molecule has 2 aliphatic heterocycles. The van der Waals surface area contributed by atoms with E-state index in [1.54, 1.807) is 24.3 Å². The monoisotopic (exact) mass is 394 g/mol. The van der Waals surface area contributed by atoms with E-state index in [9.17, 15) is 14.4 Å².